The SMILES string of the molecule is Cc1ccc(OCc2c(C(=O)Nc3c(Cl)cccc3Cl)noc2C)cc1. The zero-order valence-corrected chi connectivity index (χ0v) is 15.7. The molecule has 0 bridgehead atoms. The molecule has 0 aliphatic rings. The lowest BCUT2D eigenvalue weighted by atomic mass is 10.2. The predicted molar refractivity (Wildman–Crippen MR) is 101 cm³/mol. The van der Waals surface area contributed by atoms with E-state index in [1.807, 2.05) is 31.2 Å². The largest absolute Gasteiger partial charge is 0.489 e. The number of nitrogens with one attached hydrogen (secondary N) is 1. The lowest BCUT2D eigenvalue weighted by Gasteiger charge is -2.09. The fourth-order valence-corrected chi connectivity index (χ4v) is 2.81. The lowest BCUT2D eigenvalue weighted by Crippen LogP contribution is -2.16. The first-order valence-corrected chi connectivity index (χ1v) is 8.61. The highest BCUT2D eigenvalue weighted by Gasteiger charge is 2.22. The molecule has 1 amide bonds. The second kappa shape index (κ2) is 7.81. The van der Waals surface area contributed by atoms with Crippen molar-refractivity contribution in [2.45, 2.75) is 20.5 Å². The maximum Gasteiger partial charge on any atom is 0.278 e. The van der Waals surface area contributed by atoms with Gasteiger partial charge in [-0.25, -0.2) is 0 Å². The Labute approximate surface area is 160 Å². The van der Waals surface area contributed by atoms with Gasteiger partial charge in [0.25, 0.3) is 5.91 Å². The minimum atomic E-state index is -0.473. The first-order chi connectivity index (χ1) is 12.5. The number of halogens is 2. The van der Waals surface area contributed by atoms with Gasteiger partial charge in [-0.1, -0.05) is 52.1 Å². The van der Waals surface area contributed by atoms with E-state index >= 15 is 0 Å². The van der Waals surface area contributed by atoms with Crippen molar-refractivity contribution in [2.75, 3.05) is 5.32 Å². The summed E-state index contributed by atoms with van der Waals surface area (Å²) in [5, 5.41) is 7.19. The molecule has 1 heterocycles. The Morgan fingerprint density at radius 3 is 2.42 bits per heavy atom. The van der Waals surface area contributed by atoms with E-state index in [1.54, 1.807) is 25.1 Å². The first kappa shape index (κ1) is 18.3. The molecule has 134 valence electrons. The van der Waals surface area contributed by atoms with Gasteiger partial charge >= 0.3 is 0 Å². The molecule has 0 atom stereocenters. The molecule has 5 nitrogen and oxygen atoms in total. The zero-order chi connectivity index (χ0) is 18.7. The van der Waals surface area contributed by atoms with Crippen LogP contribution in [0.3, 0.4) is 0 Å². The number of carbonyl (C=O) groups excluding carboxylic acids is 1. The average Bonchev–Trinajstić information content (AvgIpc) is 2.98. The number of aromatic nitrogens is 1. The number of ether oxygens (including phenoxy) is 1. The minimum absolute atomic E-state index is 0.130. The summed E-state index contributed by atoms with van der Waals surface area (Å²) >= 11 is 12.2. The van der Waals surface area contributed by atoms with Crippen LogP contribution in [-0.4, -0.2) is 11.1 Å². The van der Waals surface area contributed by atoms with Crippen LogP contribution in [0.25, 0.3) is 0 Å². The smallest absolute Gasteiger partial charge is 0.278 e. The van der Waals surface area contributed by atoms with Crippen molar-refractivity contribution in [3.05, 3.63) is 75.1 Å². The molecule has 0 radical (unpaired) electrons. The standard InChI is InChI=1S/C19H16Cl2N2O3/c1-11-6-8-13(9-7-11)25-10-14-12(2)26-23-17(14)19(24)22-18-15(20)4-3-5-16(18)21/h3-9H,10H2,1-2H3,(H,22,24). The molecular weight excluding hydrogens is 375 g/mol. The second-order valence-electron chi connectivity index (χ2n) is 5.72. The molecule has 0 aliphatic carbocycles. The van der Waals surface area contributed by atoms with Gasteiger partial charge in [-0.3, -0.25) is 4.79 Å². The maximum absolute atomic E-state index is 12.6. The highest BCUT2D eigenvalue weighted by molar-refractivity contribution is 6.40. The molecule has 0 fully saturated rings. The van der Waals surface area contributed by atoms with Crippen LogP contribution in [0, 0.1) is 13.8 Å². The molecular formula is C19H16Cl2N2O3. The van der Waals surface area contributed by atoms with Crippen LogP contribution in [0.2, 0.25) is 10.0 Å². The van der Waals surface area contributed by atoms with Crippen molar-refractivity contribution >= 4 is 34.8 Å². The fraction of sp³-hybridized carbons (Fsp3) is 0.158. The molecule has 0 unspecified atom stereocenters. The molecule has 1 aromatic heterocycles. The van der Waals surface area contributed by atoms with Gasteiger partial charge in [-0.2, -0.15) is 0 Å². The van der Waals surface area contributed by atoms with Crippen LogP contribution in [0.4, 0.5) is 5.69 Å². The van der Waals surface area contributed by atoms with Crippen LogP contribution in [0.5, 0.6) is 5.75 Å². The summed E-state index contributed by atoms with van der Waals surface area (Å²) in [5.41, 5.74) is 2.15. The Morgan fingerprint density at radius 1 is 1.12 bits per heavy atom. The molecule has 0 aliphatic heterocycles. The normalized spacial score (nSPS) is 10.6. The number of para-hydroxylation sites is 1. The van der Waals surface area contributed by atoms with Crippen molar-refractivity contribution in [1.29, 1.82) is 0 Å². The van der Waals surface area contributed by atoms with E-state index in [-0.39, 0.29) is 12.3 Å². The molecule has 1 N–H and O–H groups in total. The topological polar surface area (TPSA) is 64.4 Å². The van der Waals surface area contributed by atoms with Crippen LogP contribution >= 0.6 is 23.2 Å². The van der Waals surface area contributed by atoms with Gasteiger partial charge in [0.05, 0.1) is 21.3 Å². The summed E-state index contributed by atoms with van der Waals surface area (Å²) in [7, 11) is 0. The van der Waals surface area contributed by atoms with Gasteiger partial charge < -0.3 is 14.6 Å². The molecule has 0 spiro atoms. The summed E-state index contributed by atoms with van der Waals surface area (Å²) in [5.74, 6) is 0.726. The Balaban J connectivity index is 1.78. The Kier molecular flexibility index (Phi) is 5.49. The van der Waals surface area contributed by atoms with E-state index in [9.17, 15) is 4.79 Å². The number of anilines is 1. The van der Waals surface area contributed by atoms with E-state index in [4.69, 9.17) is 32.5 Å². The van der Waals surface area contributed by atoms with E-state index in [0.717, 1.165) is 5.56 Å². The third-order valence-electron chi connectivity index (χ3n) is 3.81. The molecule has 7 heteroatoms. The Hall–Kier alpha value is -2.50. The van der Waals surface area contributed by atoms with Gasteiger partial charge in [0.2, 0.25) is 0 Å². The van der Waals surface area contributed by atoms with Gasteiger partial charge in [0, 0.05) is 0 Å². The molecule has 3 aromatic rings. The summed E-state index contributed by atoms with van der Waals surface area (Å²) in [6.07, 6.45) is 0. The van der Waals surface area contributed by atoms with E-state index < -0.39 is 5.91 Å². The monoisotopic (exact) mass is 390 g/mol. The molecule has 2 aromatic carbocycles. The average molecular weight is 391 g/mol. The van der Waals surface area contributed by atoms with Crippen molar-refractivity contribution < 1.29 is 14.1 Å². The molecule has 3 rings (SSSR count). The summed E-state index contributed by atoms with van der Waals surface area (Å²) in [4.78, 5) is 12.6. The molecule has 0 saturated heterocycles. The fourth-order valence-electron chi connectivity index (χ4n) is 2.32. The molecule has 26 heavy (non-hydrogen) atoms. The summed E-state index contributed by atoms with van der Waals surface area (Å²) in [6.45, 7) is 3.87. The van der Waals surface area contributed by atoms with Crippen molar-refractivity contribution in [2.24, 2.45) is 0 Å². The quantitative estimate of drug-likeness (QED) is 0.630. The van der Waals surface area contributed by atoms with Gasteiger partial charge in [0.15, 0.2) is 5.69 Å². The van der Waals surface area contributed by atoms with E-state index in [2.05, 4.69) is 10.5 Å². The van der Waals surface area contributed by atoms with Gasteiger partial charge in [-0.05, 0) is 38.1 Å². The second-order valence-corrected chi connectivity index (χ2v) is 6.53. The number of rotatable bonds is 5. The third-order valence-corrected chi connectivity index (χ3v) is 4.44. The molecule has 0 saturated carbocycles. The summed E-state index contributed by atoms with van der Waals surface area (Å²) in [6, 6.07) is 12.6. The number of hydrogen-bond donors (Lipinski definition) is 1. The van der Waals surface area contributed by atoms with Crippen molar-refractivity contribution in [3.8, 4) is 5.75 Å². The zero-order valence-electron chi connectivity index (χ0n) is 14.2. The first-order valence-electron chi connectivity index (χ1n) is 7.85. The number of hydrogen-bond acceptors (Lipinski definition) is 4. The number of carbonyl (C=O) groups is 1. The van der Waals surface area contributed by atoms with Crippen LogP contribution in [0.15, 0.2) is 47.0 Å². The summed E-state index contributed by atoms with van der Waals surface area (Å²) < 4.78 is 10.9. The van der Waals surface area contributed by atoms with Crippen molar-refractivity contribution in [1.82, 2.24) is 5.16 Å². The highest BCUT2D eigenvalue weighted by atomic mass is 35.5. The third kappa shape index (κ3) is 4.00. The van der Waals surface area contributed by atoms with Gasteiger partial charge in [-0.15, -0.1) is 0 Å². The Bertz CT molecular complexity index is 916. The van der Waals surface area contributed by atoms with Crippen LogP contribution in [-0.2, 0) is 6.61 Å². The van der Waals surface area contributed by atoms with Crippen LogP contribution < -0.4 is 10.1 Å². The minimum Gasteiger partial charge on any atom is -0.489 e. The number of benzene rings is 2. The number of nitrogens with zero attached hydrogens (tertiary/aromatic N) is 1. The maximum atomic E-state index is 12.6. The predicted octanol–water partition coefficient (Wildman–Crippen LogP) is 5.43. The lowest BCUT2D eigenvalue weighted by molar-refractivity contribution is 0.101. The number of amides is 1. The Morgan fingerprint density at radius 2 is 1.77 bits per heavy atom. The van der Waals surface area contributed by atoms with Crippen LogP contribution in [0.1, 0.15) is 27.4 Å². The van der Waals surface area contributed by atoms with Gasteiger partial charge in [0.1, 0.15) is 18.1 Å². The van der Waals surface area contributed by atoms with Crippen molar-refractivity contribution in [3.63, 3.8) is 0 Å². The number of aryl methyl sites for hydroxylation is 2. The highest BCUT2D eigenvalue weighted by Crippen LogP contribution is 2.30. The van der Waals surface area contributed by atoms with E-state index in [0.29, 0.717) is 32.8 Å². The van der Waals surface area contributed by atoms with E-state index in [1.165, 1.54) is 0 Å².